The fourth-order valence-corrected chi connectivity index (χ4v) is 1.76. The normalized spacial score (nSPS) is 12.9. The second-order valence-electron chi connectivity index (χ2n) is 3.92. The van der Waals surface area contributed by atoms with Gasteiger partial charge in [0.05, 0.1) is 5.52 Å². The Labute approximate surface area is 101 Å². The van der Waals surface area contributed by atoms with Crippen LogP contribution in [0.25, 0.3) is 10.9 Å². The van der Waals surface area contributed by atoms with Crippen LogP contribution in [0.3, 0.4) is 0 Å². The number of halogens is 1. The molecule has 1 N–H and O–H groups in total. The number of pyridine rings is 1. The van der Waals surface area contributed by atoms with E-state index in [9.17, 15) is 0 Å². The maximum Gasteiger partial charge on any atom is 0.0705 e. The number of benzene rings is 1. The summed E-state index contributed by atoms with van der Waals surface area (Å²) in [6.07, 6.45) is 1.85. The van der Waals surface area contributed by atoms with Crippen molar-refractivity contribution in [2.24, 2.45) is 0 Å². The van der Waals surface area contributed by atoms with E-state index < -0.39 is 0 Å². The number of hydrogen-bond donors (Lipinski definition) is 1. The van der Waals surface area contributed by atoms with E-state index >= 15 is 0 Å². The van der Waals surface area contributed by atoms with Crippen LogP contribution in [0.4, 0.5) is 0 Å². The number of hydrogen-bond acceptors (Lipinski definition) is 2. The minimum Gasteiger partial charge on any atom is -0.309 e. The van der Waals surface area contributed by atoms with Crippen molar-refractivity contribution in [2.75, 3.05) is 5.88 Å². The molecule has 3 heteroatoms. The second-order valence-corrected chi connectivity index (χ2v) is 4.23. The third-order valence-electron chi connectivity index (χ3n) is 2.61. The molecule has 0 fully saturated rings. The van der Waals surface area contributed by atoms with Gasteiger partial charge in [0, 0.05) is 30.0 Å². The topological polar surface area (TPSA) is 24.9 Å². The molecular formula is C13H15ClN2. The predicted octanol–water partition coefficient (Wildman–Crippen LogP) is 2.95. The number of rotatable bonds is 4. The van der Waals surface area contributed by atoms with Gasteiger partial charge in [-0.1, -0.05) is 18.2 Å². The lowest BCUT2D eigenvalue weighted by atomic mass is 10.1. The summed E-state index contributed by atoms with van der Waals surface area (Å²) in [4.78, 5) is 4.34. The van der Waals surface area contributed by atoms with Crippen molar-refractivity contribution in [2.45, 2.75) is 19.5 Å². The Bertz CT molecular complexity index is 465. The molecule has 1 heterocycles. The van der Waals surface area contributed by atoms with Gasteiger partial charge < -0.3 is 5.32 Å². The molecule has 0 saturated carbocycles. The Hall–Kier alpha value is -1.12. The van der Waals surface area contributed by atoms with Crippen molar-refractivity contribution in [3.8, 4) is 0 Å². The molecule has 0 aliphatic rings. The lowest BCUT2D eigenvalue weighted by Crippen LogP contribution is -2.26. The number of aromatic nitrogens is 1. The number of para-hydroxylation sites is 1. The lowest BCUT2D eigenvalue weighted by Gasteiger charge is -2.11. The van der Waals surface area contributed by atoms with Gasteiger partial charge in [0.1, 0.15) is 0 Å². The Balaban J connectivity index is 2.23. The number of fused-ring (bicyclic) bond motifs is 1. The largest absolute Gasteiger partial charge is 0.309 e. The van der Waals surface area contributed by atoms with Crippen LogP contribution in [0, 0.1) is 0 Å². The van der Waals surface area contributed by atoms with Gasteiger partial charge in [-0.25, -0.2) is 0 Å². The number of nitrogens with one attached hydrogen (secondary N) is 1. The Morgan fingerprint density at radius 2 is 2.12 bits per heavy atom. The molecule has 1 atom stereocenters. The van der Waals surface area contributed by atoms with Crippen LogP contribution in [-0.4, -0.2) is 16.9 Å². The SMILES string of the molecule is CC(CCl)NCc1ccnc2ccccc12. The van der Waals surface area contributed by atoms with Crippen molar-refractivity contribution in [3.05, 3.63) is 42.1 Å². The standard InChI is InChI=1S/C13H15ClN2/c1-10(8-14)16-9-11-6-7-15-13-5-3-2-4-12(11)13/h2-7,10,16H,8-9H2,1H3. The molecule has 1 aromatic heterocycles. The second kappa shape index (κ2) is 5.28. The molecule has 16 heavy (non-hydrogen) atoms. The highest BCUT2D eigenvalue weighted by Gasteiger charge is 2.03. The first-order valence-electron chi connectivity index (χ1n) is 5.43. The van der Waals surface area contributed by atoms with Crippen LogP contribution in [0.5, 0.6) is 0 Å². The molecule has 0 aliphatic carbocycles. The quantitative estimate of drug-likeness (QED) is 0.823. The van der Waals surface area contributed by atoms with E-state index in [-0.39, 0.29) is 0 Å². The van der Waals surface area contributed by atoms with Crippen molar-refractivity contribution < 1.29 is 0 Å². The van der Waals surface area contributed by atoms with Crippen LogP contribution < -0.4 is 5.32 Å². The summed E-state index contributed by atoms with van der Waals surface area (Å²) in [7, 11) is 0. The van der Waals surface area contributed by atoms with Gasteiger partial charge in [-0.15, -0.1) is 11.6 Å². The molecular weight excluding hydrogens is 220 g/mol. The van der Waals surface area contributed by atoms with Crippen LogP contribution in [0.2, 0.25) is 0 Å². The first-order valence-corrected chi connectivity index (χ1v) is 5.96. The first kappa shape index (κ1) is 11.4. The van der Waals surface area contributed by atoms with Gasteiger partial charge in [-0.2, -0.15) is 0 Å². The zero-order chi connectivity index (χ0) is 11.4. The van der Waals surface area contributed by atoms with Gasteiger partial charge >= 0.3 is 0 Å². The fourth-order valence-electron chi connectivity index (χ4n) is 1.65. The van der Waals surface area contributed by atoms with Crippen molar-refractivity contribution >= 4 is 22.5 Å². The molecule has 0 aliphatic heterocycles. The van der Waals surface area contributed by atoms with E-state index in [1.54, 1.807) is 0 Å². The molecule has 0 radical (unpaired) electrons. The molecule has 0 saturated heterocycles. The minimum atomic E-state index is 0.327. The summed E-state index contributed by atoms with van der Waals surface area (Å²) in [5.41, 5.74) is 2.31. The molecule has 2 aromatic rings. The molecule has 2 nitrogen and oxygen atoms in total. The molecule has 1 aromatic carbocycles. The lowest BCUT2D eigenvalue weighted by molar-refractivity contribution is 0.595. The van der Waals surface area contributed by atoms with Crippen LogP contribution in [0.15, 0.2) is 36.5 Å². The van der Waals surface area contributed by atoms with Gasteiger partial charge in [-0.05, 0) is 24.6 Å². The minimum absolute atomic E-state index is 0.327. The average molecular weight is 235 g/mol. The molecule has 84 valence electrons. The summed E-state index contributed by atoms with van der Waals surface area (Å²) >= 11 is 5.76. The van der Waals surface area contributed by atoms with E-state index in [0.29, 0.717) is 11.9 Å². The van der Waals surface area contributed by atoms with E-state index in [4.69, 9.17) is 11.6 Å². The zero-order valence-electron chi connectivity index (χ0n) is 9.28. The smallest absolute Gasteiger partial charge is 0.0705 e. The van der Waals surface area contributed by atoms with E-state index in [1.165, 1.54) is 10.9 Å². The maximum absolute atomic E-state index is 5.76. The van der Waals surface area contributed by atoms with E-state index in [0.717, 1.165) is 12.1 Å². The highest BCUT2D eigenvalue weighted by atomic mass is 35.5. The monoisotopic (exact) mass is 234 g/mol. The summed E-state index contributed by atoms with van der Waals surface area (Å²) in [5, 5.41) is 4.59. The molecule has 1 unspecified atom stereocenters. The molecule has 0 spiro atoms. The zero-order valence-corrected chi connectivity index (χ0v) is 10.0. The molecule has 0 bridgehead atoms. The highest BCUT2D eigenvalue weighted by Crippen LogP contribution is 2.15. The van der Waals surface area contributed by atoms with Gasteiger partial charge in [0.2, 0.25) is 0 Å². The third kappa shape index (κ3) is 2.52. The summed E-state index contributed by atoms with van der Waals surface area (Å²) in [6, 6.07) is 10.6. The number of alkyl halides is 1. The number of nitrogens with zero attached hydrogens (tertiary/aromatic N) is 1. The molecule has 0 amide bonds. The van der Waals surface area contributed by atoms with Gasteiger partial charge in [0.25, 0.3) is 0 Å². The van der Waals surface area contributed by atoms with E-state index in [1.807, 2.05) is 24.4 Å². The highest BCUT2D eigenvalue weighted by molar-refractivity contribution is 6.18. The Morgan fingerprint density at radius 3 is 2.94 bits per heavy atom. The van der Waals surface area contributed by atoms with Crippen molar-refractivity contribution in [1.82, 2.24) is 10.3 Å². The predicted molar refractivity (Wildman–Crippen MR) is 68.8 cm³/mol. The summed E-state index contributed by atoms with van der Waals surface area (Å²) in [6.45, 7) is 2.91. The average Bonchev–Trinajstić information content (AvgIpc) is 2.35. The van der Waals surface area contributed by atoms with Crippen molar-refractivity contribution in [1.29, 1.82) is 0 Å². The summed E-state index contributed by atoms with van der Waals surface area (Å²) < 4.78 is 0. The third-order valence-corrected chi connectivity index (χ3v) is 3.07. The van der Waals surface area contributed by atoms with Crippen molar-refractivity contribution in [3.63, 3.8) is 0 Å². The van der Waals surface area contributed by atoms with Crippen LogP contribution in [0.1, 0.15) is 12.5 Å². The summed E-state index contributed by atoms with van der Waals surface area (Å²) in [5.74, 6) is 0.628. The van der Waals surface area contributed by atoms with Crippen LogP contribution in [-0.2, 0) is 6.54 Å². The molecule has 2 rings (SSSR count). The first-order chi connectivity index (χ1) is 7.81. The van der Waals surface area contributed by atoms with Crippen LogP contribution >= 0.6 is 11.6 Å². The maximum atomic E-state index is 5.76. The Kier molecular flexibility index (Phi) is 3.75. The van der Waals surface area contributed by atoms with Gasteiger partial charge in [0.15, 0.2) is 0 Å². The Morgan fingerprint density at radius 1 is 1.31 bits per heavy atom. The van der Waals surface area contributed by atoms with Gasteiger partial charge in [-0.3, -0.25) is 4.98 Å². The fraction of sp³-hybridized carbons (Fsp3) is 0.308. The van der Waals surface area contributed by atoms with E-state index in [2.05, 4.69) is 29.4 Å².